The van der Waals surface area contributed by atoms with Crippen molar-refractivity contribution in [1.82, 2.24) is 15.1 Å². The Morgan fingerprint density at radius 1 is 1.11 bits per heavy atom. The maximum Gasteiger partial charge on any atom is 0.431 e. The van der Waals surface area contributed by atoms with Crippen LogP contribution in [0.4, 0.5) is 13.2 Å². The van der Waals surface area contributed by atoms with E-state index in [1.807, 2.05) is 44.2 Å². The van der Waals surface area contributed by atoms with Gasteiger partial charge >= 0.3 is 6.18 Å². The smallest absolute Gasteiger partial charge is 0.376 e. The topological polar surface area (TPSA) is 81.0 Å². The fourth-order valence-corrected chi connectivity index (χ4v) is 2.48. The van der Waals surface area contributed by atoms with E-state index in [1.54, 1.807) is 4.98 Å². The normalized spacial score (nSPS) is 12.3. The molecule has 0 bridgehead atoms. The van der Waals surface area contributed by atoms with E-state index in [0.717, 1.165) is 17.7 Å². The van der Waals surface area contributed by atoms with E-state index < -0.39 is 22.8 Å². The van der Waals surface area contributed by atoms with Crippen molar-refractivity contribution in [3.63, 3.8) is 0 Å². The SMILES string of the molecule is CC(C)(COCc1ccccc1)c1nc(-c2ccc(C(F)(F)F)[nH]c2=O)no1. The summed E-state index contributed by atoms with van der Waals surface area (Å²) in [6, 6.07) is 11.4. The quantitative estimate of drug-likeness (QED) is 0.686. The van der Waals surface area contributed by atoms with E-state index in [0.29, 0.717) is 6.61 Å². The average Bonchev–Trinajstić information content (AvgIpc) is 3.12. The summed E-state index contributed by atoms with van der Waals surface area (Å²) in [5, 5.41) is 3.73. The molecule has 0 radical (unpaired) electrons. The monoisotopic (exact) mass is 393 g/mol. The van der Waals surface area contributed by atoms with Gasteiger partial charge in [-0.25, -0.2) is 0 Å². The number of nitrogens with one attached hydrogen (secondary N) is 1. The van der Waals surface area contributed by atoms with Crippen LogP contribution in [0, 0.1) is 0 Å². The van der Waals surface area contributed by atoms with Gasteiger partial charge in [0.05, 0.1) is 24.2 Å². The summed E-state index contributed by atoms with van der Waals surface area (Å²) in [7, 11) is 0. The number of pyridine rings is 1. The van der Waals surface area contributed by atoms with Gasteiger partial charge in [-0.1, -0.05) is 35.5 Å². The van der Waals surface area contributed by atoms with Gasteiger partial charge < -0.3 is 14.2 Å². The van der Waals surface area contributed by atoms with Crippen LogP contribution in [-0.2, 0) is 22.9 Å². The van der Waals surface area contributed by atoms with Crippen molar-refractivity contribution in [1.29, 1.82) is 0 Å². The van der Waals surface area contributed by atoms with Gasteiger partial charge in [0.15, 0.2) is 0 Å². The number of alkyl halides is 3. The van der Waals surface area contributed by atoms with E-state index in [9.17, 15) is 18.0 Å². The van der Waals surface area contributed by atoms with E-state index in [4.69, 9.17) is 9.26 Å². The zero-order chi connectivity index (χ0) is 20.4. The second kappa shape index (κ2) is 7.59. The maximum atomic E-state index is 12.7. The summed E-state index contributed by atoms with van der Waals surface area (Å²) >= 11 is 0. The largest absolute Gasteiger partial charge is 0.431 e. The van der Waals surface area contributed by atoms with Crippen LogP contribution >= 0.6 is 0 Å². The third-order valence-electron chi connectivity index (χ3n) is 4.04. The minimum Gasteiger partial charge on any atom is -0.376 e. The van der Waals surface area contributed by atoms with Gasteiger partial charge in [-0.3, -0.25) is 4.79 Å². The summed E-state index contributed by atoms with van der Waals surface area (Å²) in [5.74, 6) is 0.135. The third-order valence-corrected chi connectivity index (χ3v) is 4.04. The predicted molar refractivity (Wildman–Crippen MR) is 94.5 cm³/mol. The van der Waals surface area contributed by atoms with Crippen LogP contribution in [0.3, 0.4) is 0 Å². The first-order valence-corrected chi connectivity index (χ1v) is 8.43. The van der Waals surface area contributed by atoms with Gasteiger partial charge in [-0.2, -0.15) is 18.2 Å². The molecule has 148 valence electrons. The molecule has 2 heterocycles. The van der Waals surface area contributed by atoms with Gasteiger partial charge in [-0.05, 0) is 31.5 Å². The summed E-state index contributed by atoms with van der Waals surface area (Å²) in [5.41, 5.74) is -1.83. The Labute approximate surface area is 158 Å². The van der Waals surface area contributed by atoms with Crippen LogP contribution in [0.25, 0.3) is 11.4 Å². The second-order valence-corrected chi connectivity index (χ2v) is 6.90. The van der Waals surface area contributed by atoms with Crippen molar-refractivity contribution in [3.8, 4) is 11.4 Å². The number of hydrogen-bond donors (Lipinski definition) is 1. The summed E-state index contributed by atoms with van der Waals surface area (Å²) in [6.45, 7) is 4.33. The molecule has 6 nitrogen and oxygen atoms in total. The number of aromatic nitrogens is 3. The lowest BCUT2D eigenvalue weighted by molar-refractivity contribution is -0.141. The van der Waals surface area contributed by atoms with Gasteiger partial charge in [0.2, 0.25) is 11.7 Å². The van der Waals surface area contributed by atoms with Crippen LogP contribution < -0.4 is 5.56 Å². The molecule has 1 N–H and O–H groups in total. The zero-order valence-electron chi connectivity index (χ0n) is 15.2. The summed E-state index contributed by atoms with van der Waals surface area (Å²) < 4.78 is 48.9. The molecule has 0 amide bonds. The molecule has 0 aliphatic heterocycles. The lowest BCUT2D eigenvalue weighted by atomic mass is 9.95. The number of rotatable bonds is 6. The van der Waals surface area contributed by atoms with Crippen LogP contribution in [0.2, 0.25) is 0 Å². The predicted octanol–water partition coefficient (Wildman–Crippen LogP) is 3.94. The van der Waals surface area contributed by atoms with Crippen LogP contribution in [-0.4, -0.2) is 21.7 Å². The minimum atomic E-state index is -4.64. The highest BCUT2D eigenvalue weighted by molar-refractivity contribution is 5.52. The first kappa shape index (κ1) is 19.8. The molecule has 2 aromatic heterocycles. The fraction of sp³-hybridized carbons (Fsp3) is 0.316. The number of ether oxygens (including phenoxy) is 1. The molecule has 0 aliphatic rings. The molecule has 0 spiro atoms. The number of aromatic amines is 1. The molecule has 3 aromatic rings. The van der Waals surface area contributed by atoms with Gasteiger partial charge in [-0.15, -0.1) is 0 Å². The van der Waals surface area contributed by atoms with E-state index in [1.165, 1.54) is 0 Å². The number of H-pyrrole nitrogens is 1. The molecular formula is C19H18F3N3O3. The van der Waals surface area contributed by atoms with Crippen LogP contribution in [0.1, 0.15) is 31.0 Å². The molecule has 0 unspecified atom stereocenters. The number of benzene rings is 1. The van der Waals surface area contributed by atoms with E-state index in [2.05, 4.69) is 10.1 Å². The van der Waals surface area contributed by atoms with Gasteiger partial charge in [0.25, 0.3) is 5.56 Å². The Hall–Kier alpha value is -2.94. The lowest BCUT2D eigenvalue weighted by Gasteiger charge is -2.19. The molecule has 3 rings (SSSR count). The molecule has 1 aromatic carbocycles. The highest BCUT2D eigenvalue weighted by Gasteiger charge is 2.33. The van der Waals surface area contributed by atoms with Crippen molar-refractivity contribution in [2.24, 2.45) is 0 Å². The Morgan fingerprint density at radius 2 is 1.82 bits per heavy atom. The zero-order valence-corrected chi connectivity index (χ0v) is 15.2. The minimum absolute atomic E-state index is 0.0823. The summed E-state index contributed by atoms with van der Waals surface area (Å²) in [4.78, 5) is 17.9. The molecule has 0 saturated carbocycles. The van der Waals surface area contributed by atoms with E-state index in [-0.39, 0.29) is 23.9 Å². The lowest BCUT2D eigenvalue weighted by Crippen LogP contribution is -2.25. The third kappa shape index (κ3) is 4.48. The summed E-state index contributed by atoms with van der Waals surface area (Å²) in [6.07, 6.45) is -4.64. The maximum absolute atomic E-state index is 12.7. The highest BCUT2D eigenvalue weighted by Crippen LogP contribution is 2.28. The Bertz CT molecular complexity index is 995. The number of halogens is 3. The van der Waals surface area contributed by atoms with E-state index >= 15 is 0 Å². The first-order chi connectivity index (χ1) is 13.2. The molecular weight excluding hydrogens is 375 g/mol. The van der Waals surface area contributed by atoms with Crippen molar-refractivity contribution >= 4 is 0 Å². The molecule has 0 saturated heterocycles. The fourth-order valence-electron chi connectivity index (χ4n) is 2.48. The van der Waals surface area contributed by atoms with Crippen molar-refractivity contribution in [2.75, 3.05) is 6.61 Å². The molecule has 0 fully saturated rings. The molecule has 0 aliphatic carbocycles. The number of hydrogen-bond acceptors (Lipinski definition) is 5. The van der Waals surface area contributed by atoms with Crippen molar-refractivity contribution < 1.29 is 22.4 Å². The highest BCUT2D eigenvalue weighted by atomic mass is 19.4. The molecule has 0 atom stereocenters. The van der Waals surface area contributed by atoms with Gasteiger partial charge in [0.1, 0.15) is 5.69 Å². The average molecular weight is 393 g/mol. The standard InChI is InChI=1S/C19H18F3N3O3/c1-18(2,11-27-10-12-6-4-3-5-7-12)17-24-15(25-28-17)13-8-9-14(19(20,21)22)23-16(13)26/h3-9H,10-11H2,1-2H3,(H,23,26). The number of nitrogens with zero attached hydrogens (tertiary/aromatic N) is 2. The molecule has 9 heteroatoms. The Balaban J connectivity index is 1.73. The van der Waals surface area contributed by atoms with Crippen molar-refractivity contribution in [2.45, 2.75) is 32.0 Å². The Kier molecular flexibility index (Phi) is 5.37. The second-order valence-electron chi connectivity index (χ2n) is 6.90. The van der Waals surface area contributed by atoms with Crippen molar-refractivity contribution in [3.05, 3.63) is 70.0 Å². The first-order valence-electron chi connectivity index (χ1n) is 8.43. The van der Waals surface area contributed by atoms with Crippen LogP contribution in [0.15, 0.2) is 51.8 Å². The Morgan fingerprint density at radius 3 is 2.46 bits per heavy atom. The van der Waals surface area contributed by atoms with Gasteiger partial charge in [0, 0.05) is 0 Å². The van der Waals surface area contributed by atoms with Crippen LogP contribution in [0.5, 0.6) is 0 Å². The molecule has 28 heavy (non-hydrogen) atoms.